The van der Waals surface area contributed by atoms with Gasteiger partial charge >= 0.3 is 5.97 Å². The number of carbonyl (C=O) groups excluding carboxylic acids is 2. The van der Waals surface area contributed by atoms with E-state index < -0.39 is 5.97 Å². The van der Waals surface area contributed by atoms with Gasteiger partial charge in [0.15, 0.2) is 0 Å². The molecular weight excluding hydrogens is 262 g/mol. The highest BCUT2D eigenvalue weighted by Crippen LogP contribution is 2.63. The normalized spacial score (nSPS) is 26.9. The second-order valence-electron chi connectivity index (χ2n) is 6.07. The largest absolute Gasteiger partial charge is 0.475 e. The molecule has 0 aromatic carbocycles. The van der Waals surface area contributed by atoms with Gasteiger partial charge in [0.25, 0.3) is 0 Å². The Morgan fingerprint density at radius 2 is 1.90 bits per heavy atom. The molecule has 2 aliphatic rings. The number of carboxylic acids is 1. The van der Waals surface area contributed by atoms with Crippen LogP contribution in [-0.2, 0) is 16.1 Å². The zero-order valence-electron chi connectivity index (χ0n) is 11.5. The van der Waals surface area contributed by atoms with Crippen LogP contribution in [0.1, 0.15) is 35.7 Å². The number of furan rings is 1. The molecule has 1 aromatic heterocycles. The molecule has 2 heterocycles. The van der Waals surface area contributed by atoms with Crippen molar-refractivity contribution in [3.63, 3.8) is 0 Å². The third kappa shape index (κ3) is 1.54. The van der Waals surface area contributed by atoms with Gasteiger partial charge in [-0.3, -0.25) is 14.5 Å². The molecule has 20 heavy (non-hydrogen) atoms. The van der Waals surface area contributed by atoms with Gasteiger partial charge < -0.3 is 9.52 Å². The molecule has 6 nitrogen and oxygen atoms in total. The maximum absolute atomic E-state index is 12.2. The van der Waals surface area contributed by atoms with E-state index in [0.29, 0.717) is 11.3 Å². The Morgan fingerprint density at radius 3 is 2.35 bits per heavy atom. The van der Waals surface area contributed by atoms with Crippen LogP contribution in [0.15, 0.2) is 10.5 Å². The third-order valence-electron chi connectivity index (χ3n) is 4.37. The van der Waals surface area contributed by atoms with Crippen LogP contribution in [-0.4, -0.2) is 27.8 Å². The smallest absolute Gasteiger partial charge is 0.372 e. The zero-order chi connectivity index (χ0) is 14.8. The van der Waals surface area contributed by atoms with E-state index in [9.17, 15) is 14.4 Å². The number of aryl methyl sites for hydroxylation is 1. The van der Waals surface area contributed by atoms with Crippen LogP contribution < -0.4 is 0 Å². The average Bonchev–Trinajstić information content (AvgIpc) is 2.62. The third-order valence-corrected chi connectivity index (χ3v) is 4.37. The quantitative estimate of drug-likeness (QED) is 0.844. The van der Waals surface area contributed by atoms with Gasteiger partial charge in [0, 0.05) is 5.56 Å². The number of likely N-dealkylation sites (tertiary alicyclic amines) is 1. The first-order chi connectivity index (χ1) is 9.25. The number of fused-ring (bicyclic) bond motifs is 1. The molecule has 2 amide bonds. The fourth-order valence-electron chi connectivity index (χ4n) is 3.15. The number of carbonyl (C=O) groups is 3. The van der Waals surface area contributed by atoms with Crippen molar-refractivity contribution in [3.8, 4) is 0 Å². The van der Waals surface area contributed by atoms with Gasteiger partial charge in [-0.25, -0.2) is 4.79 Å². The van der Waals surface area contributed by atoms with Crippen molar-refractivity contribution in [1.82, 2.24) is 4.90 Å². The number of imide groups is 1. The van der Waals surface area contributed by atoms with Crippen molar-refractivity contribution in [2.45, 2.75) is 27.3 Å². The molecule has 1 aliphatic heterocycles. The predicted molar refractivity (Wildman–Crippen MR) is 66.7 cm³/mol. The standard InChI is InChI=1S/C14H15NO5/c1-6-4-7(20-10(6)13(18)19)5-15-11(16)8-9(12(15)17)14(8,2)3/h4,8-9H,5H2,1-3H3,(H,18,19). The first-order valence-electron chi connectivity index (χ1n) is 6.43. The van der Waals surface area contributed by atoms with Crippen molar-refractivity contribution in [3.05, 3.63) is 23.2 Å². The second-order valence-corrected chi connectivity index (χ2v) is 6.07. The second kappa shape index (κ2) is 3.71. The number of hydrogen-bond donors (Lipinski definition) is 1. The van der Waals surface area contributed by atoms with E-state index in [0.717, 1.165) is 0 Å². The summed E-state index contributed by atoms with van der Waals surface area (Å²) in [5.41, 5.74) is 0.243. The number of aromatic carboxylic acids is 1. The molecule has 6 heteroatoms. The summed E-state index contributed by atoms with van der Waals surface area (Å²) >= 11 is 0. The highest BCUT2D eigenvalue weighted by molar-refractivity contribution is 6.10. The molecule has 1 saturated carbocycles. The Kier molecular flexibility index (Phi) is 2.39. The van der Waals surface area contributed by atoms with E-state index in [2.05, 4.69) is 0 Å². The van der Waals surface area contributed by atoms with Gasteiger partial charge in [-0.1, -0.05) is 13.8 Å². The molecule has 0 radical (unpaired) electrons. The molecule has 0 bridgehead atoms. The number of nitrogens with zero attached hydrogens (tertiary/aromatic N) is 1. The molecular formula is C14H15NO5. The monoisotopic (exact) mass is 277 g/mol. The van der Waals surface area contributed by atoms with Crippen LogP contribution in [0, 0.1) is 24.2 Å². The van der Waals surface area contributed by atoms with Crippen LogP contribution in [0.5, 0.6) is 0 Å². The van der Waals surface area contributed by atoms with E-state index in [4.69, 9.17) is 9.52 Å². The van der Waals surface area contributed by atoms with E-state index in [1.807, 2.05) is 13.8 Å². The molecule has 1 saturated heterocycles. The summed E-state index contributed by atoms with van der Waals surface area (Å²) in [5, 5.41) is 8.92. The Bertz CT molecular complexity index is 618. The first-order valence-corrected chi connectivity index (χ1v) is 6.43. The van der Waals surface area contributed by atoms with E-state index in [-0.39, 0.29) is 41.4 Å². The molecule has 2 atom stereocenters. The van der Waals surface area contributed by atoms with Gasteiger partial charge in [-0.15, -0.1) is 0 Å². The molecule has 1 aromatic rings. The van der Waals surface area contributed by atoms with Crippen molar-refractivity contribution in [1.29, 1.82) is 0 Å². The maximum Gasteiger partial charge on any atom is 0.372 e. The molecule has 2 unspecified atom stereocenters. The minimum atomic E-state index is -1.16. The van der Waals surface area contributed by atoms with Crippen molar-refractivity contribution in [2.75, 3.05) is 0 Å². The average molecular weight is 277 g/mol. The van der Waals surface area contributed by atoms with Crippen LogP contribution >= 0.6 is 0 Å². The van der Waals surface area contributed by atoms with Gasteiger partial charge in [0.05, 0.1) is 18.4 Å². The topological polar surface area (TPSA) is 87.8 Å². The molecule has 1 aliphatic carbocycles. The van der Waals surface area contributed by atoms with Crippen LogP contribution in [0.25, 0.3) is 0 Å². The Labute approximate surface area is 115 Å². The van der Waals surface area contributed by atoms with E-state index >= 15 is 0 Å². The lowest BCUT2D eigenvalue weighted by molar-refractivity contribution is -0.144. The van der Waals surface area contributed by atoms with Gasteiger partial charge in [0.1, 0.15) is 5.76 Å². The number of carboxylic acid groups (broad SMARTS) is 1. The van der Waals surface area contributed by atoms with Crippen LogP contribution in [0.3, 0.4) is 0 Å². The lowest BCUT2D eigenvalue weighted by Gasteiger charge is -2.19. The number of rotatable bonds is 3. The summed E-state index contributed by atoms with van der Waals surface area (Å²) in [4.78, 5) is 36.4. The van der Waals surface area contributed by atoms with Crippen LogP contribution in [0.2, 0.25) is 0 Å². The van der Waals surface area contributed by atoms with Crippen molar-refractivity contribution < 1.29 is 23.9 Å². The highest BCUT2D eigenvalue weighted by atomic mass is 16.4. The lowest BCUT2D eigenvalue weighted by atomic mass is 10.1. The van der Waals surface area contributed by atoms with Gasteiger partial charge in [-0.2, -0.15) is 0 Å². The Morgan fingerprint density at radius 1 is 1.35 bits per heavy atom. The number of piperidine rings is 1. The van der Waals surface area contributed by atoms with E-state index in [1.165, 1.54) is 4.90 Å². The molecule has 3 rings (SSSR count). The minimum Gasteiger partial charge on any atom is -0.475 e. The highest BCUT2D eigenvalue weighted by Gasteiger charge is 2.72. The Balaban J connectivity index is 1.80. The lowest BCUT2D eigenvalue weighted by Crippen LogP contribution is -2.35. The molecule has 1 N–H and O–H groups in total. The molecule has 2 fully saturated rings. The fourth-order valence-corrected chi connectivity index (χ4v) is 3.15. The van der Waals surface area contributed by atoms with E-state index in [1.54, 1.807) is 13.0 Å². The van der Waals surface area contributed by atoms with Gasteiger partial charge in [0.2, 0.25) is 17.6 Å². The Hall–Kier alpha value is -2.11. The number of amides is 2. The number of hydrogen-bond acceptors (Lipinski definition) is 4. The fraction of sp³-hybridized carbons (Fsp3) is 0.500. The van der Waals surface area contributed by atoms with Gasteiger partial charge in [-0.05, 0) is 18.4 Å². The summed E-state index contributed by atoms with van der Waals surface area (Å²) in [6, 6.07) is 1.55. The first kappa shape index (κ1) is 12.9. The summed E-state index contributed by atoms with van der Waals surface area (Å²) in [5.74, 6) is -1.82. The summed E-state index contributed by atoms with van der Waals surface area (Å²) in [6.45, 7) is 5.45. The maximum atomic E-state index is 12.2. The molecule has 106 valence electrons. The zero-order valence-corrected chi connectivity index (χ0v) is 11.5. The van der Waals surface area contributed by atoms with Crippen molar-refractivity contribution in [2.24, 2.45) is 17.3 Å². The van der Waals surface area contributed by atoms with Crippen LogP contribution in [0.4, 0.5) is 0 Å². The summed E-state index contributed by atoms with van der Waals surface area (Å²) in [7, 11) is 0. The summed E-state index contributed by atoms with van der Waals surface area (Å²) < 4.78 is 5.19. The summed E-state index contributed by atoms with van der Waals surface area (Å²) in [6.07, 6.45) is 0. The predicted octanol–water partition coefficient (Wildman–Crippen LogP) is 1.43. The SMILES string of the molecule is Cc1cc(CN2C(=O)C3C(C2=O)C3(C)C)oc1C(=O)O. The molecule has 0 spiro atoms. The minimum absolute atomic E-state index is 0.00880. The van der Waals surface area contributed by atoms with Crippen molar-refractivity contribution >= 4 is 17.8 Å².